The van der Waals surface area contributed by atoms with Crippen LogP contribution in [-0.4, -0.2) is 0 Å². The summed E-state index contributed by atoms with van der Waals surface area (Å²) in [4.78, 5) is 0. The highest BCUT2D eigenvalue weighted by molar-refractivity contribution is 5.13. The van der Waals surface area contributed by atoms with Gasteiger partial charge in [0.25, 0.3) is 0 Å². The normalized spacial score (nSPS) is 16.0. The molecule has 0 aromatic rings. The Hall–Kier alpha value is -0.700. The van der Waals surface area contributed by atoms with Crippen molar-refractivity contribution in [3.8, 4) is 11.8 Å². The predicted molar refractivity (Wildman–Crippen MR) is 26.1 cm³/mol. The van der Waals surface area contributed by atoms with Crippen LogP contribution in [0.15, 0.2) is 12.2 Å². The summed E-state index contributed by atoms with van der Waals surface area (Å²) in [6.07, 6.45) is 6.10. The Labute approximate surface area is 37.9 Å². The molecule has 0 heterocycles. The van der Waals surface area contributed by atoms with Crippen LogP contribution in [0.1, 0.15) is 12.8 Å². The fraction of sp³-hybridized carbons (Fsp3) is 0.333. The van der Waals surface area contributed by atoms with Gasteiger partial charge in [0.05, 0.1) is 0 Å². The predicted octanol–water partition coefficient (Wildman–Crippen LogP) is 1.34. The minimum Gasteiger partial charge on any atom is -0.0988 e. The highest BCUT2D eigenvalue weighted by atomic mass is 13.8. The lowest BCUT2D eigenvalue weighted by atomic mass is 10.2. The summed E-state index contributed by atoms with van der Waals surface area (Å²) in [6.45, 7) is 0. The fourth-order valence-corrected chi connectivity index (χ4v) is 0.429. The van der Waals surface area contributed by atoms with Crippen molar-refractivity contribution in [2.75, 3.05) is 0 Å². The molecule has 0 saturated heterocycles. The van der Waals surface area contributed by atoms with Crippen LogP contribution in [0.3, 0.4) is 0 Å². The molecular formula is C6H6. The lowest BCUT2D eigenvalue weighted by molar-refractivity contribution is 1.33. The first-order valence-corrected chi connectivity index (χ1v) is 2.11. The minimum atomic E-state index is 0.958. The monoisotopic (exact) mass is 78.0 g/mol. The number of allylic oxidation sites excluding steroid dienone is 2. The quantitative estimate of drug-likeness (QED) is 0.303. The van der Waals surface area contributed by atoms with E-state index in [0.717, 1.165) is 12.8 Å². The van der Waals surface area contributed by atoms with Gasteiger partial charge < -0.3 is 0 Å². The van der Waals surface area contributed by atoms with E-state index in [2.05, 4.69) is 24.0 Å². The van der Waals surface area contributed by atoms with Crippen LogP contribution in [0, 0.1) is 11.8 Å². The molecule has 0 N–H and O–H groups in total. The van der Waals surface area contributed by atoms with Crippen LogP contribution in [0.5, 0.6) is 0 Å². The van der Waals surface area contributed by atoms with E-state index in [4.69, 9.17) is 0 Å². The third-order valence-corrected chi connectivity index (χ3v) is 0.731. The van der Waals surface area contributed by atoms with Crippen molar-refractivity contribution < 1.29 is 0 Å². The van der Waals surface area contributed by atoms with E-state index in [1.165, 1.54) is 0 Å². The molecule has 0 aliphatic heterocycles. The standard InChI is InChI=1S/C6H6/c1-2-4-6-5-3-1/h1-2H,3-4H2. The van der Waals surface area contributed by atoms with Gasteiger partial charge in [-0.1, -0.05) is 24.0 Å². The van der Waals surface area contributed by atoms with E-state index in [1.54, 1.807) is 0 Å². The molecule has 0 amide bonds. The van der Waals surface area contributed by atoms with Crippen LogP contribution in [0.2, 0.25) is 0 Å². The summed E-state index contributed by atoms with van der Waals surface area (Å²) in [5.41, 5.74) is 0. The molecule has 0 bridgehead atoms. The first kappa shape index (κ1) is 3.49. The molecule has 0 heteroatoms. The summed E-state index contributed by atoms with van der Waals surface area (Å²) in [5, 5.41) is 0. The molecular weight excluding hydrogens is 72.1 g/mol. The van der Waals surface area contributed by atoms with Crippen molar-refractivity contribution in [3.63, 3.8) is 0 Å². The highest BCUT2D eigenvalue weighted by Crippen LogP contribution is 1.89. The average Bonchev–Trinajstić information content (AvgIpc) is 1.72. The third-order valence-electron chi connectivity index (χ3n) is 0.731. The molecule has 0 aromatic heterocycles. The maximum Gasteiger partial charge on any atom is 0.0270 e. The zero-order valence-corrected chi connectivity index (χ0v) is 3.57. The van der Waals surface area contributed by atoms with Crippen LogP contribution in [-0.2, 0) is 0 Å². The minimum absolute atomic E-state index is 0.958. The van der Waals surface area contributed by atoms with E-state index in [1.807, 2.05) is 0 Å². The second kappa shape index (κ2) is 1.67. The van der Waals surface area contributed by atoms with Crippen LogP contribution in [0.4, 0.5) is 0 Å². The molecule has 0 aromatic carbocycles. The van der Waals surface area contributed by atoms with Gasteiger partial charge in [-0.2, -0.15) is 0 Å². The van der Waals surface area contributed by atoms with Gasteiger partial charge in [0, 0.05) is 12.8 Å². The molecule has 0 nitrogen and oxygen atoms in total. The molecule has 0 radical (unpaired) electrons. The molecule has 0 atom stereocenters. The topological polar surface area (TPSA) is 0 Å². The zero-order valence-electron chi connectivity index (χ0n) is 3.57. The van der Waals surface area contributed by atoms with Gasteiger partial charge in [-0.05, 0) is 0 Å². The van der Waals surface area contributed by atoms with Crippen LogP contribution in [0.25, 0.3) is 0 Å². The van der Waals surface area contributed by atoms with Gasteiger partial charge >= 0.3 is 0 Å². The molecule has 0 spiro atoms. The molecule has 0 saturated carbocycles. The molecule has 1 rings (SSSR count). The van der Waals surface area contributed by atoms with Crippen molar-refractivity contribution in [1.29, 1.82) is 0 Å². The smallest absolute Gasteiger partial charge is 0.0270 e. The van der Waals surface area contributed by atoms with Crippen molar-refractivity contribution in [3.05, 3.63) is 12.2 Å². The van der Waals surface area contributed by atoms with E-state index in [9.17, 15) is 0 Å². The summed E-state index contributed by atoms with van der Waals surface area (Å²) in [7, 11) is 0. The zero-order chi connectivity index (χ0) is 4.24. The van der Waals surface area contributed by atoms with Crippen LogP contribution >= 0.6 is 0 Å². The number of hydrogen-bond acceptors (Lipinski definition) is 0. The Bertz CT molecular complexity index is 97.7. The molecule has 0 fully saturated rings. The number of rotatable bonds is 0. The highest BCUT2D eigenvalue weighted by Gasteiger charge is 1.74. The SMILES string of the molecule is C1#CCC=CC1. The van der Waals surface area contributed by atoms with Gasteiger partial charge in [0.15, 0.2) is 0 Å². The first-order valence-electron chi connectivity index (χ1n) is 2.11. The molecule has 30 valence electrons. The Morgan fingerprint density at radius 2 is 1.50 bits per heavy atom. The maximum absolute atomic E-state index is 2.95. The molecule has 6 heavy (non-hydrogen) atoms. The van der Waals surface area contributed by atoms with E-state index >= 15 is 0 Å². The molecule has 1 aliphatic rings. The van der Waals surface area contributed by atoms with Crippen molar-refractivity contribution >= 4 is 0 Å². The second-order valence-corrected chi connectivity index (χ2v) is 1.23. The molecule has 1 aliphatic carbocycles. The van der Waals surface area contributed by atoms with Gasteiger partial charge in [-0.15, -0.1) is 0 Å². The maximum atomic E-state index is 2.95. The first-order chi connectivity index (χ1) is 3.00. The summed E-state index contributed by atoms with van der Waals surface area (Å²) in [6, 6.07) is 0. The number of hydrogen-bond donors (Lipinski definition) is 0. The summed E-state index contributed by atoms with van der Waals surface area (Å²) < 4.78 is 0. The van der Waals surface area contributed by atoms with Gasteiger partial charge in [0.1, 0.15) is 0 Å². The van der Waals surface area contributed by atoms with Crippen molar-refractivity contribution in [2.24, 2.45) is 0 Å². The van der Waals surface area contributed by atoms with Crippen molar-refractivity contribution in [2.45, 2.75) is 12.8 Å². The van der Waals surface area contributed by atoms with Crippen LogP contribution < -0.4 is 0 Å². The van der Waals surface area contributed by atoms with E-state index in [0.29, 0.717) is 0 Å². The lowest BCUT2D eigenvalue weighted by Crippen LogP contribution is -1.67. The fourth-order valence-electron chi connectivity index (χ4n) is 0.429. The second-order valence-electron chi connectivity index (χ2n) is 1.23. The van der Waals surface area contributed by atoms with E-state index in [-0.39, 0.29) is 0 Å². The van der Waals surface area contributed by atoms with Gasteiger partial charge in [-0.25, -0.2) is 0 Å². The van der Waals surface area contributed by atoms with E-state index < -0.39 is 0 Å². The Kier molecular flexibility index (Phi) is 0.969. The Morgan fingerprint density at radius 1 is 1.00 bits per heavy atom. The Morgan fingerprint density at radius 3 is 1.67 bits per heavy atom. The summed E-state index contributed by atoms with van der Waals surface area (Å²) >= 11 is 0. The largest absolute Gasteiger partial charge is 0.0988 e. The van der Waals surface area contributed by atoms with Gasteiger partial charge in [0.2, 0.25) is 0 Å². The molecule has 0 unspecified atom stereocenters. The third kappa shape index (κ3) is 0.621. The average molecular weight is 78.1 g/mol. The lowest BCUT2D eigenvalue weighted by Gasteiger charge is -1.82. The Balaban J connectivity index is 2.51. The van der Waals surface area contributed by atoms with Crippen molar-refractivity contribution in [1.82, 2.24) is 0 Å². The summed E-state index contributed by atoms with van der Waals surface area (Å²) in [5.74, 6) is 5.90. The van der Waals surface area contributed by atoms with Gasteiger partial charge in [-0.3, -0.25) is 0 Å².